The number of halogens is 3. The first kappa shape index (κ1) is 18.7. The second-order valence-electron chi connectivity index (χ2n) is 6.46. The molecule has 0 radical (unpaired) electrons. The van der Waals surface area contributed by atoms with Crippen molar-refractivity contribution >= 4 is 0 Å². The average Bonchev–Trinajstić information content (AvgIpc) is 3.36. The molecule has 0 saturated carbocycles. The van der Waals surface area contributed by atoms with Crippen molar-refractivity contribution in [1.29, 1.82) is 5.26 Å². The van der Waals surface area contributed by atoms with Crippen LogP contribution in [-0.2, 0) is 0 Å². The van der Waals surface area contributed by atoms with E-state index in [0.717, 1.165) is 12.8 Å². The Labute approximate surface area is 164 Å². The Kier molecular flexibility index (Phi) is 4.80. The molecule has 1 aliphatic heterocycles. The molecule has 3 heterocycles. The molecule has 1 unspecified atom stereocenters. The van der Waals surface area contributed by atoms with E-state index in [1.165, 1.54) is 24.4 Å². The van der Waals surface area contributed by atoms with Crippen LogP contribution in [0.15, 0.2) is 49.1 Å². The minimum absolute atomic E-state index is 0.0706. The van der Waals surface area contributed by atoms with Crippen molar-refractivity contribution in [3.05, 3.63) is 49.1 Å². The fraction of sp³-hybridized carbons (Fsp3) is 0.263. The molecule has 3 aromatic rings. The maximum atomic E-state index is 12.5. The van der Waals surface area contributed by atoms with E-state index in [0.29, 0.717) is 23.5 Å². The molecule has 1 atom stereocenters. The summed E-state index contributed by atoms with van der Waals surface area (Å²) in [5.41, 5.74) is 1.50. The van der Waals surface area contributed by atoms with Gasteiger partial charge in [0.2, 0.25) is 0 Å². The lowest BCUT2D eigenvalue weighted by Gasteiger charge is -2.18. The Morgan fingerprint density at radius 3 is 2.83 bits per heavy atom. The molecule has 1 aliphatic rings. The van der Waals surface area contributed by atoms with Crippen molar-refractivity contribution in [3.8, 4) is 34.7 Å². The van der Waals surface area contributed by atoms with E-state index < -0.39 is 6.36 Å². The third-order valence-corrected chi connectivity index (χ3v) is 4.54. The summed E-state index contributed by atoms with van der Waals surface area (Å²) < 4.78 is 43.2. The Morgan fingerprint density at radius 2 is 2.03 bits per heavy atom. The zero-order valence-electron chi connectivity index (χ0n) is 15.0. The van der Waals surface area contributed by atoms with Gasteiger partial charge in [0.1, 0.15) is 17.6 Å². The number of ether oxygens (including phenoxy) is 1. The van der Waals surface area contributed by atoms with Gasteiger partial charge in [-0.15, -0.1) is 13.2 Å². The SMILES string of the molecule is N#CN1CCCC1n1cnc(-c2ccnc(-c3cccc(OC(F)(F)F)c3)n2)c1. The van der Waals surface area contributed by atoms with Crippen LogP contribution in [0.25, 0.3) is 22.8 Å². The van der Waals surface area contributed by atoms with Gasteiger partial charge < -0.3 is 9.30 Å². The summed E-state index contributed by atoms with van der Waals surface area (Å²) in [5, 5.41) is 9.22. The van der Waals surface area contributed by atoms with Gasteiger partial charge >= 0.3 is 6.36 Å². The topological polar surface area (TPSA) is 79.9 Å². The predicted octanol–water partition coefficient (Wildman–Crippen LogP) is 3.98. The van der Waals surface area contributed by atoms with E-state index in [2.05, 4.69) is 25.9 Å². The normalized spacial score (nSPS) is 16.6. The highest BCUT2D eigenvalue weighted by Crippen LogP contribution is 2.29. The van der Waals surface area contributed by atoms with Crippen LogP contribution in [-0.4, -0.2) is 37.3 Å². The summed E-state index contributed by atoms with van der Waals surface area (Å²) >= 11 is 0. The van der Waals surface area contributed by atoms with E-state index >= 15 is 0 Å². The summed E-state index contributed by atoms with van der Waals surface area (Å²) in [4.78, 5) is 14.6. The van der Waals surface area contributed by atoms with Crippen molar-refractivity contribution in [1.82, 2.24) is 24.4 Å². The first-order valence-electron chi connectivity index (χ1n) is 8.82. The Hall–Kier alpha value is -3.61. The number of hydrogen-bond donors (Lipinski definition) is 0. The van der Waals surface area contributed by atoms with Crippen molar-refractivity contribution in [3.63, 3.8) is 0 Å². The van der Waals surface area contributed by atoms with E-state index in [1.807, 2.05) is 4.57 Å². The lowest BCUT2D eigenvalue weighted by atomic mass is 10.2. The smallest absolute Gasteiger partial charge is 0.406 e. The zero-order chi connectivity index (χ0) is 20.4. The molecule has 7 nitrogen and oxygen atoms in total. The van der Waals surface area contributed by atoms with Crippen molar-refractivity contribution in [2.45, 2.75) is 25.4 Å². The fourth-order valence-corrected chi connectivity index (χ4v) is 3.28. The van der Waals surface area contributed by atoms with E-state index in [4.69, 9.17) is 0 Å². The summed E-state index contributed by atoms with van der Waals surface area (Å²) in [7, 11) is 0. The lowest BCUT2D eigenvalue weighted by Crippen LogP contribution is -2.21. The molecule has 1 saturated heterocycles. The second kappa shape index (κ2) is 7.43. The first-order valence-corrected chi connectivity index (χ1v) is 8.82. The second-order valence-corrected chi connectivity index (χ2v) is 6.46. The number of nitrogens with zero attached hydrogens (tertiary/aromatic N) is 6. The number of rotatable bonds is 4. The van der Waals surface area contributed by atoms with Crippen LogP contribution in [0.1, 0.15) is 19.0 Å². The van der Waals surface area contributed by atoms with Crippen LogP contribution in [0.2, 0.25) is 0 Å². The number of hydrogen-bond acceptors (Lipinski definition) is 6. The number of alkyl halides is 3. The number of imidazole rings is 1. The zero-order valence-corrected chi connectivity index (χ0v) is 15.0. The van der Waals surface area contributed by atoms with Crippen LogP contribution in [0, 0.1) is 11.5 Å². The van der Waals surface area contributed by atoms with Gasteiger partial charge in [-0.05, 0) is 31.0 Å². The molecular weight excluding hydrogens is 385 g/mol. The van der Waals surface area contributed by atoms with Crippen molar-refractivity contribution in [2.75, 3.05) is 6.54 Å². The number of benzene rings is 1. The van der Waals surface area contributed by atoms with Gasteiger partial charge in [-0.2, -0.15) is 5.26 Å². The van der Waals surface area contributed by atoms with Crippen LogP contribution < -0.4 is 4.74 Å². The monoisotopic (exact) mass is 400 g/mol. The van der Waals surface area contributed by atoms with Gasteiger partial charge in [-0.25, -0.2) is 15.0 Å². The third-order valence-electron chi connectivity index (χ3n) is 4.54. The van der Waals surface area contributed by atoms with Crippen LogP contribution in [0.4, 0.5) is 13.2 Å². The molecule has 0 N–H and O–H groups in total. The summed E-state index contributed by atoms with van der Waals surface area (Å²) in [6, 6.07) is 7.16. The summed E-state index contributed by atoms with van der Waals surface area (Å²) in [5.74, 6) is -0.0877. The van der Waals surface area contributed by atoms with Crippen molar-refractivity contribution in [2.24, 2.45) is 0 Å². The standard InChI is InChI=1S/C19H15F3N6O/c20-19(21,22)29-14-4-1-3-13(9-14)18-24-7-6-15(26-18)16-10-28(12-25-16)17-5-2-8-27(17)11-23/h1,3-4,6-7,9-10,12,17H,2,5,8H2. The minimum atomic E-state index is -4.77. The maximum Gasteiger partial charge on any atom is 0.573 e. The van der Waals surface area contributed by atoms with Crippen LogP contribution in [0.5, 0.6) is 5.75 Å². The molecule has 0 amide bonds. The minimum Gasteiger partial charge on any atom is -0.406 e. The highest BCUT2D eigenvalue weighted by Gasteiger charge is 2.31. The molecule has 10 heteroatoms. The number of nitriles is 1. The fourth-order valence-electron chi connectivity index (χ4n) is 3.28. The van der Waals surface area contributed by atoms with Crippen LogP contribution in [0.3, 0.4) is 0 Å². The largest absolute Gasteiger partial charge is 0.573 e. The van der Waals surface area contributed by atoms with Crippen molar-refractivity contribution < 1.29 is 17.9 Å². The van der Waals surface area contributed by atoms with Gasteiger partial charge in [0, 0.05) is 24.5 Å². The molecule has 0 spiro atoms. The van der Waals surface area contributed by atoms with Gasteiger partial charge in [-0.1, -0.05) is 12.1 Å². The summed E-state index contributed by atoms with van der Waals surface area (Å²) in [6.45, 7) is 0.711. The summed E-state index contributed by atoms with van der Waals surface area (Å²) in [6.07, 6.45) is 4.09. The van der Waals surface area contributed by atoms with E-state index in [-0.39, 0.29) is 17.7 Å². The molecule has 1 aromatic carbocycles. The molecule has 4 rings (SSSR count). The predicted molar refractivity (Wildman–Crippen MR) is 96.0 cm³/mol. The molecular formula is C19H15F3N6O. The van der Waals surface area contributed by atoms with E-state index in [1.54, 1.807) is 29.6 Å². The van der Waals surface area contributed by atoms with E-state index in [9.17, 15) is 18.4 Å². The maximum absolute atomic E-state index is 12.5. The molecule has 0 aliphatic carbocycles. The number of aromatic nitrogens is 4. The average molecular weight is 400 g/mol. The highest BCUT2D eigenvalue weighted by molar-refractivity contribution is 5.61. The quantitative estimate of drug-likeness (QED) is 0.617. The number of likely N-dealkylation sites (tertiary alicyclic amines) is 1. The van der Waals surface area contributed by atoms with Gasteiger partial charge in [-0.3, -0.25) is 4.90 Å². The Balaban J connectivity index is 1.60. The lowest BCUT2D eigenvalue weighted by molar-refractivity contribution is -0.274. The molecule has 148 valence electrons. The van der Waals surface area contributed by atoms with Crippen LogP contribution >= 0.6 is 0 Å². The van der Waals surface area contributed by atoms with Gasteiger partial charge in [0.15, 0.2) is 12.0 Å². The molecule has 2 aromatic heterocycles. The first-order chi connectivity index (χ1) is 13.9. The molecule has 0 bridgehead atoms. The van der Waals surface area contributed by atoms with Gasteiger partial charge in [0.05, 0.1) is 12.0 Å². The molecule has 1 fully saturated rings. The molecule has 29 heavy (non-hydrogen) atoms. The van der Waals surface area contributed by atoms with Gasteiger partial charge in [0.25, 0.3) is 0 Å². The Morgan fingerprint density at radius 1 is 1.17 bits per heavy atom. The highest BCUT2D eigenvalue weighted by atomic mass is 19.4. The third kappa shape index (κ3) is 4.13. The Bertz CT molecular complexity index is 1060.